The van der Waals surface area contributed by atoms with Crippen LogP contribution in [0.3, 0.4) is 0 Å². The van der Waals surface area contributed by atoms with Crippen LogP contribution in [0.1, 0.15) is 43.0 Å². The Labute approximate surface area is 239 Å². The molecule has 9 nitrogen and oxygen atoms in total. The molecule has 1 saturated carbocycles. The molecule has 0 spiro atoms. The van der Waals surface area contributed by atoms with Crippen molar-refractivity contribution in [2.75, 3.05) is 32.6 Å². The molecule has 2 aliphatic rings. The van der Waals surface area contributed by atoms with Gasteiger partial charge in [0.05, 0.1) is 45.3 Å². The quantitative estimate of drug-likeness (QED) is 0.349. The molecule has 10 heteroatoms. The van der Waals surface area contributed by atoms with Crippen LogP contribution >= 0.6 is 12.2 Å². The smallest absolute Gasteiger partial charge is 0.250 e. The fourth-order valence-electron chi connectivity index (χ4n) is 5.60. The molecule has 40 heavy (non-hydrogen) atoms. The highest BCUT2D eigenvalue weighted by molar-refractivity contribution is 7.80. The summed E-state index contributed by atoms with van der Waals surface area (Å²) in [4.78, 5) is 31.8. The zero-order valence-electron chi connectivity index (χ0n) is 22.7. The van der Waals surface area contributed by atoms with E-state index in [0.29, 0.717) is 47.4 Å². The minimum absolute atomic E-state index is 0.00806. The second-order valence-corrected chi connectivity index (χ2v) is 10.5. The molecule has 210 valence electrons. The van der Waals surface area contributed by atoms with E-state index in [1.54, 1.807) is 42.5 Å². The molecule has 2 heterocycles. The van der Waals surface area contributed by atoms with Gasteiger partial charge in [0.15, 0.2) is 5.11 Å². The summed E-state index contributed by atoms with van der Waals surface area (Å²) < 4.78 is 16.4. The standard InChI is InChI=1S/C30H34N4O5S/c1-37-22-12-13-24(26(17-22)38-2)31-28(36)30(14-6-7-15-30)34(18-23-11-8-16-39-23)27(35)20-33-19-25(32-29(33)40)21-9-4-3-5-10-21/h3-5,8-13,16-17,25H,6-7,14-15,18-20H2,1-2H3,(H,31,36)(H,32,40)/t25-/m0/s1. The summed E-state index contributed by atoms with van der Waals surface area (Å²) in [6.45, 7) is 0.789. The molecule has 0 unspecified atom stereocenters. The Hall–Kier alpha value is -4.05. The van der Waals surface area contributed by atoms with Crippen LogP contribution in [0.5, 0.6) is 11.5 Å². The van der Waals surface area contributed by atoms with E-state index in [2.05, 4.69) is 10.6 Å². The molecule has 0 radical (unpaired) electrons. The predicted molar refractivity (Wildman–Crippen MR) is 155 cm³/mol. The van der Waals surface area contributed by atoms with E-state index in [1.807, 2.05) is 41.3 Å². The Bertz CT molecular complexity index is 1340. The minimum Gasteiger partial charge on any atom is -0.497 e. The van der Waals surface area contributed by atoms with Gasteiger partial charge in [0.1, 0.15) is 22.8 Å². The Morgan fingerprint density at radius 3 is 2.55 bits per heavy atom. The number of ether oxygens (including phenoxy) is 2. The SMILES string of the molecule is COc1ccc(NC(=O)C2(N(Cc3ccco3)C(=O)CN3C[C@@H](c4ccccc4)NC3=S)CCCC2)c(OC)c1. The maximum Gasteiger partial charge on any atom is 0.250 e. The molecular weight excluding hydrogens is 528 g/mol. The molecular formula is C30H34N4O5S. The number of carbonyl (C=O) groups excluding carboxylic acids is 2. The summed E-state index contributed by atoms with van der Waals surface area (Å²) in [5.41, 5.74) is 0.565. The number of furan rings is 1. The Kier molecular flexibility index (Phi) is 8.25. The van der Waals surface area contributed by atoms with E-state index in [1.165, 1.54) is 7.11 Å². The number of anilines is 1. The van der Waals surface area contributed by atoms with E-state index in [9.17, 15) is 9.59 Å². The second kappa shape index (κ2) is 12.0. The molecule has 2 N–H and O–H groups in total. The number of hydrogen-bond donors (Lipinski definition) is 2. The molecule has 0 bridgehead atoms. The molecule has 3 aromatic rings. The fraction of sp³-hybridized carbons (Fsp3) is 0.367. The lowest BCUT2D eigenvalue weighted by molar-refractivity contribution is -0.146. The Balaban J connectivity index is 1.41. The minimum atomic E-state index is -1.05. The summed E-state index contributed by atoms with van der Waals surface area (Å²) in [6.07, 6.45) is 4.31. The van der Waals surface area contributed by atoms with E-state index in [-0.39, 0.29) is 30.9 Å². The number of nitrogens with one attached hydrogen (secondary N) is 2. The van der Waals surface area contributed by atoms with Crippen molar-refractivity contribution >= 4 is 34.8 Å². The number of amides is 2. The van der Waals surface area contributed by atoms with Crippen molar-refractivity contribution < 1.29 is 23.5 Å². The van der Waals surface area contributed by atoms with Crippen LogP contribution in [0.15, 0.2) is 71.3 Å². The lowest BCUT2D eigenvalue weighted by Crippen LogP contribution is -2.59. The number of rotatable bonds is 10. The van der Waals surface area contributed by atoms with Crippen LogP contribution < -0.4 is 20.1 Å². The van der Waals surface area contributed by atoms with Crippen LogP contribution in [0, 0.1) is 0 Å². The van der Waals surface area contributed by atoms with E-state index in [4.69, 9.17) is 26.1 Å². The van der Waals surface area contributed by atoms with Gasteiger partial charge in [-0.3, -0.25) is 9.59 Å². The molecule has 1 aliphatic heterocycles. The maximum absolute atomic E-state index is 14.1. The van der Waals surface area contributed by atoms with Gasteiger partial charge >= 0.3 is 0 Å². The Morgan fingerprint density at radius 1 is 1.10 bits per heavy atom. The van der Waals surface area contributed by atoms with Crippen molar-refractivity contribution in [1.29, 1.82) is 0 Å². The highest BCUT2D eigenvalue weighted by Gasteiger charge is 2.49. The lowest BCUT2D eigenvalue weighted by atomic mass is 9.92. The number of hydrogen-bond acceptors (Lipinski definition) is 6. The van der Waals surface area contributed by atoms with Gasteiger partial charge in [-0.1, -0.05) is 43.2 Å². The van der Waals surface area contributed by atoms with Crippen LogP contribution in [0.25, 0.3) is 0 Å². The van der Waals surface area contributed by atoms with Gasteiger partial charge in [-0.15, -0.1) is 0 Å². The molecule has 1 saturated heterocycles. The van der Waals surface area contributed by atoms with E-state index >= 15 is 0 Å². The third-order valence-corrected chi connectivity index (χ3v) is 8.11. The van der Waals surface area contributed by atoms with Gasteiger partial charge in [0.25, 0.3) is 0 Å². The summed E-state index contributed by atoms with van der Waals surface area (Å²) in [6, 6.07) is 18.8. The zero-order chi connectivity index (χ0) is 28.1. The van der Waals surface area contributed by atoms with Gasteiger partial charge in [-0.05, 0) is 54.9 Å². The first-order chi connectivity index (χ1) is 19.4. The van der Waals surface area contributed by atoms with Crippen LogP contribution in [0.4, 0.5) is 5.69 Å². The van der Waals surface area contributed by atoms with Gasteiger partial charge in [-0.2, -0.15) is 0 Å². The van der Waals surface area contributed by atoms with Crippen molar-refractivity contribution in [2.45, 2.75) is 43.8 Å². The van der Waals surface area contributed by atoms with E-state index in [0.717, 1.165) is 18.4 Å². The second-order valence-electron chi connectivity index (χ2n) is 10.1. The number of benzene rings is 2. The molecule has 1 aromatic heterocycles. The fourth-order valence-corrected chi connectivity index (χ4v) is 5.89. The summed E-state index contributed by atoms with van der Waals surface area (Å²) in [5.74, 6) is 1.26. The first-order valence-corrected chi connectivity index (χ1v) is 13.8. The van der Waals surface area contributed by atoms with Crippen molar-refractivity contribution in [3.8, 4) is 11.5 Å². The average molecular weight is 563 g/mol. The van der Waals surface area contributed by atoms with Gasteiger partial charge in [0.2, 0.25) is 11.8 Å². The highest BCUT2D eigenvalue weighted by atomic mass is 32.1. The summed E-state index contributed by atoms with van der Waals surface area (Å²) >= 11 is 5.61. The molecule has 2 aromatic carbocycles. The molecule has 1 atom stereocenters. The van der Waals surface area contributed by atoms with Crippen LogP contribution in [-0.2, 0) is 16.1 Å². The normalized spacial score (nSPS) is 17.8. The monoisotopic (exact) mass is 562 g/mol. The molecule has 5 rings (SSSR count). The number of carbonyl (C=O) groups is 2. The molecule has 2 fully saturated rings. The predicted octanol–water partition coefficient (Wildman–Crippen LogP) is 4.51. The lowest BCUT2D eigenvalue weighted by Gasteiger charge is -2.40. The van der Waals surface area contributed by atoms with Gasteiger partial charge in [-0.25, -0.2) is 0 Å². The van der Waals surface area contributed by atoms with Crippen molar-refractivity contribution in [3.05, 3.63) is 78.3 Å². The van der Waals surface area contributed by atoms with Crippen LogP contribution in [0.2, 0.25) is 0 Å². The average Bonchev–Trinajstić information content (AvgIpc) is 3.75. The largest absolute Gasteiger partial charge is 0.497 e. The molecule has 2 amide bonds. The third-order valence-electron chi connectivity index (χ3n) is 7.74. The number of nitrogens with zero attached hydrogens (tertiary/aromatic N) is 2. The topological polar surface area (TPSA) is 96.3 Å². The first kappa shape index (κ1) is 27.5. The Morgan fingerprint density at radius 2 is 1.88 bits per heavy atom. The van der Waals surface area contributed by atoms with Crippen molar-refractivity contribution in [1.82, 2.24) is 15.1 Å². The van der Waals surface area contributed by atoms with Gasteiger partial charge in [0, 0.05) is 12.6 Å². The zero-order valence-corrected chi connectivity index (χ0v) is 23.5. The van der Waals surface area contributed by atoms with E-state index < -0.39 is 5.54 Å². The third kappa shape index (κ3) is 5.62. The maximum atomic E-state index is 14.1. The number of methoxy groups -OCH3 is 2. The van der Waals surface area contributed by atoms with Crippen molar-refractivity contribution in [3.63, 3.8) is 0 Å². The highest BCUT2D eigenvalue weighted by Crippen LogP contribution is 2.39. The first-order valence-electron chi connectivity index (χ1n) is 13.4. The van der Waals surface area contributed by atoms with Crippen LogP contribution in [-0.4, -0.2) is 59.6 Å². The summed E-state index contributed by atoms with van der Waals surface area (Å²) in [5, 5.41) is 6.90. The van der Waals surface area contributed by atoms with Gasteiger partial charge < -0.3 is 34.3 Å². The number of thiocarbonyl (C=S) groups is 1. The molecule has 1 aliphatic carbocycles. The van der Waals surface area contributed by atoms with Crippen molar-refractivity contribution in [2.24, 2.45) is 0 Å². The summed E-state index contributed by atoms with van der Waals surface area (Å²) in [7, 11) is 3.11.